The van der Waals surface area contributed by atoms with E-state index in [1.807, 2.05) is 71.6 Å². The van der Waals surface area contributed by atoms with E-state index in [0.717, 1.165) is 10.5 Å². The first-order valence-corrected chi connectivity index (χ1v) is 11.7. The Morgan fingerprint density at radius 2 is 1.69 bits per heavy atom. The van der Waals surface area contributed by atoms with Crippen molar-refractivity contribution in [1.82, 2.24) is 5.32 Å². The Morgan fingerprint density at radius 1 is 1.03 bits per heavy atom. The van der Waals surface area contributed by atoms with Crippen LogP contribution in [-0.4, -0.2) is 30.2 Å². The Labute approximate surface area is 192 Å². The van der Waals surface area contributed by atoms with Gasteiger partial charge in [0, 0.05) is 24.5 Å². The van der Waals surface area contributed by atoms with Crippen LogP contribution >= 0.6 is 11.8 Å². The van der Waals surface area contributed by atoms with Crippen molar-refractivity contribution in [2.45, 2.75) is 35.6 Å². The van der Waals surface area contributed by atoms with E-state index >= 15 is 0 Å². The van der Waals surface area contributed by atoms with E-state index in [0.29, 0.717) is 37.2 Å². The van der Waals surface area contributed by atoms with Crippen molar-refractivity contribution < 1.29 is 14.3 Å². The lowest BCUT2D eigenvalue weighted by Gasteiger charge is -2.31. The summed E-state index contributed by atoms with van der Waals surface area (Å²) in [5.74, 6) is -0.411. The van der Waals surface area contributed by atoms with Crippen LogP contribution in [0.2, 0.25) is 0 Å². The molecule has 1 unspecified atom stereocenters. The first-order valence-electron chi connectivity index (χ1n) is 10.9. The number of carbonyl (C=O) groups excluding carboxylic acids is 1. The van der Waals surface area contributed by atoms with Gasteiger partial charge >= 0.3 is 0 Å². The molecular formula is C26H27FN2O2S. The van der Waals surface area contributed by atoms with Gasteiger partial charge in [-0.2, -0.15) is 0 Å². The van der Waals surface area contributed by atoms with Crippen molar-refractivity contribution in [2.75, 3.05) is 18.0 Å². The van der Waals surface area contributed by atoms with Crippen LogP contribution in [0.4, 0.5) is 10.1 Å². The van der Waals surface area contributed by atoms with Gasteiger partial charge in [0.05, 0.1) is 11.8 Å². The Kier molecular flexibility index (Phi) is 7.45. The third kappa shape index (κ3) is 5.69. The van der Waals surface area contributed by atoms with Gasteiger partial charge in [0.2, 0.25) is 5.91 Å². The number of aliphatic hydroxyl groups is 1. The van der Waals surface area contributed by atoms with Crippen LogP contribution < -0.4 is 10.2 Å². The molecule has 6 heteroatoms. The summed E-state index contributed by atoms with van der Waals surface area (Å²) in [6.07, 6.45) is 1.00. The Balaban J connectivity index is 1.43. The van der Waals surface area contributed by atoms with Crippen LogP contribution in [0.3, 0.4) is 0 Å². The zero-order valence-electron chi connectivity index (χ0n) is 17.8. The number of aliphatic hydroxyl groups excluding tert-OH is 1. The molecule has 1 amide bonds. The molecule has 0 aliphatic carbocycles. The first-order chi connectivity index (χ1) is 15.6. The van der Waals surface area contributed by atoms with Crippen LogP contribution in [0.25, 0.3) is 0 Å². The second kappa shape index (κ2) is 10.7. The Hall–Kier alpha value is -2.83. The number of halogens is 1. The minimum absolute atomic E-state index is 0.112. The molecule has 1 aliphatic rings. The molecule has 1 atom stereocenters. The maximum absolute atomic E-state index is 14.7. The smallest absolute Gasteiger partial charge is 0.238 e. The van der Waals surface area contributed by atoms with Crippen molar-refractivity contribution >= 4 is 23.4 Å². The van der Waals surface area contributed by atoms with Gasteiger partial charge in [-0.25, -0.2) is 4.39 Å². The molecule has 0 bridgehead atoms. The maximum atomic E-state index is 14.7. The predicted octanol–water partition coefficient (Wildman–Crippen LogP) is 4.94. The molecule has 0 radical (unpaired) electrons. The number of hydrogen-bond donors (Lipinski definition) is 2. The van der Waals surface area contributed by atoms with Gasteiger partial charge in [-0.15, -0.1) is 11.8 Å². The predicted molar refractivity (Wildman–Crippen MR) is 127 cm³/mol. The summed E-state index contributed by atoms with van der Waals surface area (Å²) in [6, 6.07) is 24.6. The summed E-state index contributed by atoms with van der Waals surface area (Å²) in [7, 11) is 0. The lowest BCUT2D eigenvalue weighted by molar-refractivity contribution is -0.120. The average molecular weight is 451 g/mol. The van der Waals surface area contributed by atoms with Crippen molar-refractivity contribution in [3.63, 3.8) is 0 Å². The minimum Gasteiger partial charge on any atom is -0.393 e. The fourth-order valence-electron chi connectivity index (χ4n) is 3.84. The van der Waals surface area contributed by atoms with Gasteiger partial charge in [-0.1, -0.05) is 54.6 Å². The number of rotatable bonds is 7. The highest BCUT2D eigenvalue weighted by atomic mass is 32.2. The number of anilines is 1. The van der Waals surface area contributed by atoms with E-state index < -0.39 is 5.25 Å². The van der Waals surface area contributed by atoms with Gasteiger partial charge in [0.1, 0.15) is 11.1 Å². The Morgan fingerprint density at radius 3 is 2.34 bits per heavy atom. The molecule has 32 heavy (non-hydrogen) atoms. The molecule has 1 fully saturated rings. The van der Waals surface area contributed by atoms with Crippen molar-refractivity contribution in [1.29, 1.82) is 0 Å². The van der Waals surface area contributed by atoms with Crippen LogP contribution in [0.15, 0.2) is 83.8 Å². The quantitative estimate of drug-likeness (QED) is 0.501. The molecule has 4 nitrogen and oxygen atoms in total. The Bertz CT molecular complexity index is 1020. The first kappa shape index (κ1) is 22.4. The SMILES string of the molecule is O=C(NCc1ccc(N2CCC(O)CC2)c(F)c1)C(Sc1ccccc1)c1ccccc1. The van der Waals surface area contributed by atoms with Crippen LogP contribution in [0.1, 0.15) is 29.2 Å². The third-order valence-corrected chi connectivity index (χ3v) is 6.89. The molecule has 0 spiro atoms. The van der Waals surface area contributed by atoms with Gasteiger partial charge in [-0.05, 0) is 48.2 Å². The van der Waals surface area contributed by atoms with E-state index in [1.54, 1.807) is 6.07 Å². The fourth-order valence-corrected chi connectivity index (χ4v) is 4.91. The number of nitrogens with one attached hydrogen (secondary N) is 1. The summed E-state index contributed by atoms with van der Waals surface area (Å²) >= 11 is 1.50. The van der Waals surface area contributed by atoms with Crippen molar-refractivity contribution in [3.05, 3.63) is 95.8 Å². The fraction of sp³-hybridized carbons (Fsp3) is 0.269. The monoisotopic (exact) mass is 450 g/mol. The molecule has 3 aromatic rings. The third-order valence-electron chi connectivity index (χ3n) is 5.62. The average Bonchev–Trinajstić information content (AvgIpc) is 2.83. The van der Waals surface area contributed by atoms with Crippen LogP contribution in [0, 0.1) is 5.82 Å². The summed E-state index contributed by atoms with van der Waals surface area (Å²) < 4.78 is 14.7. The van der Waals surface area contributed by atoms with E-state index in [2.05, 4.69) is 5.32 Å². The topological polar surface area (TPSA) is 52.6 Å². The molecule has 4 rings (SSSR count). The van der Waals surface area contributed by atoms with Crippen molar-refractivity contribution in [3.8, 4) is 0 Å². The highest BCUT2D eigenvalue weighted by Crippen LogP contribution is 2.35. The van der Waals surface area contributed by atoms with Gasteiger partial charge in [0.15, 0.2) is 0 Å². The lowest BCUT2D eigenvalue weighted by Crippen LogP contribution is -2.36. The second-order valence-corrected chi connectivity index (χ2v) is 9.12. The van der Waals surface area contributed by atoms with E-state index in [9.17, 15) is 14.3 Å². The maximum Gasteiger partial charge on any atom is 0.238 e. The molecule has 0 saturated carbocycles. The number of hydrogen-bond acceptors (Lipinski definition) is 4. The summed E-state index contributed by atoms with van der Waals surface area (Å²) in [5.41, 5.74) is 2.19. The molecule has 1 heterocycles. The largest absolute Gasteiger partial charge is 0.393 e. The molecular weight excluding hydrogens is 423 g/mol. The zero-order chi connectivity index (χ0) is 22.3. The minimum atomic E-state index is -0.400. The van der Waals surface area contributed by atoms with Crippen LogP contribution in [0.5, 0.6) is 0 Å². The van der Waals surface area contributed by atoms with E-state index in [1.165, 1.54) is 17.8 Å². The summed E-state index contributed by atoms with van der Waals surface area (Å²) in [6.45, 7) is 1.54. The summed E-state index contributed by atoms with van der Waals surface area (Å²) in [5, 5.41) is 12.2. The number of amides is 1. The second-order valence-electron chi connectivity index (χ2n) is 7.94. The molecule has 1 aliphatic heterocycles. The van der Waals surface area contributed by atoms with Gasteiger partial charge in [-0.3, -0.25) is 4.79 Å². The number of carbonyl (C=O) groups is 1. The highest BCUT2D eigenvalue weighted by Gasteiger charge is 2.23. The van der Waals surface area contributed by atoms with Gasteiger partial charge in [0.25, 0.3) is 0 Å². The standard InChI is InChI=1S/C26H27FN2O2S/c27-23-17-19(11-12-24(23)29-15-13-21(30)14-16-29)18-28-26(31)25(20-7-3-1-4-8-20)32-22-9-5-2-6-10-22/h1-12,17,21,25,30H,13-16,18H2,(H,28,31). The number of piperidine rings is 1. The molecule has 0 aromatic heterocycles. The molecule has 166 valence electrons. The molecule has 2 N–H and O–H groups in total. The zero-order valence-corrected chi connectivity index (χ0v) is 18.6. The van der Waals surface area contributed by atoms with Gasteiger partial charge < -0.3 is 15.3 Å². The molecule has 1 saturated heterocycles. The highest BCUT2D eigenvalue weighted by molar-refractivity contribution is 8.00. The van der Waals surface area contributed by atoms with Crippen LogP contribution in [-0.2, 0) is 11.3 Å². The van der Waals surface area contributed by atoms with E-state index in [-0.39, 0.29) is 24.4 Å². The van der Waals surface area contributed by atoms with E-state index in [4.69, 9.17) is 0 Å². The van der Waals surface area contributed by atoms with Crippen molar-refractivity contribution in [2.24, 2.45) is 0 Å². The number of nitrogens with zero attached hydrogens (tertiary/aromatic N) is 1. The number of benzene rings is 3. The molecule has 3 aromatic carbocycles. The summed E-state index contributed by atoms with van der Waals surface area (Å²) in [4.78, 5) is 16.1. The normalized spacial score (nSPS) is 15.4. The number of thioether (sulfide) groups is 1. The lowest BCUT2D eigenvalue weighted by atomic mass is 10.1.